The van der Waals surface area contributed by atoms with Crippen LogP contribution in [0.2, 0.25) is 0 Å². The molecule has 0 unspecified atom stereocenters. The minimum Gasteiger partial charge on any atom is -0.383 e. The Morgan fingerprint density at radius 3 is 2.66 bits per heavy atom. The van der Waals surface area contributed by atoms with E-state index in [1.807, 2.05) is 62.4 Å². The van der Waals surface area contributed by atoms with Crippen molar-refractivity contribution >= 4 is 40.1 Å². The van der Waals surface area contributed by atoms with Gasteiger partial charge in [-0.05, 0) is 37.6 Å². The highest BCUT2D eigenvalue weighted by Gasteiger charge is 2.39. The SMILES string of the molecule is COCCN1C(=O)[C@@H](CC(=O)Nc2ccc(C)cc2C)SC1=Nc1ccccc1. The van der Waals surface area contributed by atoms with Crippen molar-refractivity contribution in [3.05, 3.63) is 59.7 Å². The molecule has 2 amide bonds. The van der Waals surface area contributed by atoms with Gasteiger partial charge in [0.05, 0.1) is 18.8 Å². The summed E-state index contributed by atoms with van der Waals surface area (Å²) in [6, 6.07) is 15.3. The number of aryl methyl sites for hydroxylation is 2. The molecule has 3 rings (SSSR count). The van der Waals surface area contributed by atoms with E-state index >= 15 is 0 Å². The number of nitrogens with one attached hydrogen (secondary N) is 1. The summed E-state index contributed by atoms with van der Waals surface area (Å²) in [5, 5.41) is 3.02. The first-order valence-corrected chi connectivity index (χ1v) is 10.3. The van der Waals surface area contributed by atoms with Gasteiger partial charge in [0.2, 0.25) is 11.8 Å². The molecule has 29 heavy (non-hydrogen) atoms. The topological polar surface area (TPSA) is 71.0 Å². The molecule has 7 heteroatoms. The van der Waals surface area contributed by atoms with E-state index in [-0.39, 0.29) is 18.2 Å². The van der Waals surface area contributed by atoms with Crippen LogP contribution in [0.4, 0.5) is 11.4 Å². The number of hydrogen-bond acceptors (Lipinski definition) is 5. The van der Waals surface area contributed by atoms with E-state index in [1.54, 1.807) is 12.0 Å². The Balaban J connectivity index is 1.72. The summed E-state index contributed by atoms with van der Waals surface area (Å²) in [7, 11) is 1.59. The summed E-state index contributed by atoms with van der Waals surface area (Å²) < 4.78 is 5.13. The van der Waals surface area contributed by atoms with Crippen LogP contribution in [0, 0.1) is 13.8 Å². The smallest absolute Gasteiger partial charge is 0.242 e. The second-order valence-electron chi connectivity index (χ2n) is 6.89. The summed E-state index contributed by atoms with van der Waals surface area (Å²) >= 11 is 1.33. The van der Waals surface area contributed by atoms with Crippen LogP contribution in [0.25, 0.3) is 0 Å². The molecule has 152 valence electrons. The van der Waals surface area contributed by atoms with Gasteiger partial charge in [-0.15, -0.1) is 0 Å². The summed E-state index contributed by atoms with van der Waals surface area (Å²) in [4.78, 5) is 31.7. The molecule has 1 aliphatic heterocycles. The number of methoxy groups -OCH3 is 1. The molecule has 0 saturated carbocycles. The van der Waals surface area contributed by atoms with Crippen molar-refractivity contribution in [2.75, 3.05) is 25.6 Å². The first kappa shape index (κ1) is 21.1. The maximum Gasteiger partial charge on any atom is 0.242 e. The van der Waals surface area contributed by atoms with Crippen molar-refractivity contribution < 1.29 is 14.3 Å². The third-order valence-electron chi connectivity index (χ3n) is 4.55. The number of amides is 2. The standard InChI is InChI=1S/C22H25N3O3S/c1-15-9-10-18(16(2)13-15)24-20(26)14-19-21(27)25(11-12-28-3)22(29-19)23-17-7-5-4-6-8-17/h4-10,13,19H,11-12,14H2,1-3H3,(H,24,26)/t19-/m1/s1. The second-order valence-corrected chi connectivity index (χ2v) is 8.06. The fourth-order valence-corrected chi connectivity index (χ4v) is 4.23. The summed E-state index contributed by atoms with van der Waals surface area (Å²) in [6.07, 6.45) is 0.0914. The predicted molar refractivity (Wildman–Crippen MR) is 118 cm³/mol. The van der Waals surface area contributed by atoms with E-state index in [2.05, 4.69) is 10.3 Å². The van der Waals surface area contributed by atoms with Gasteiger partial charge < -0.3 is 10.1 Å². The van der Waals surface area contributed by atoms with Crippen LogP contribution >= 0.6 is 11.8 Å². The highest BCUT2D eigenvalue weighted by Crippen LogP contribution is 2.31. The van der Waals surface area contributed by atoms with Gasteiger partial charge in [-0.1, -0.05) is 47.7 Å². The largest absolute Gasteiger partial charge is 0.383 e. The van der Waals surface area contributed by atoms with Crippen LogP contribution in [-0.2, 0) is 14.3 Å². The van der Waals surface area contributed by atoms with E-state index < -0.39 is 5.25 Å². The number of rotatable bonds is 7. The number of hydrogen-bond donors (Lipinski definition) is 1. The zero-order valence-corrected chi connectivity index (χ0v) is 17.7. The van der Waals surface area contributed by atoms with Gasteiger partial charge in [0, 0.05) is 19.2 Å². The van der Waals surface area contributed by atoms with Gasteiger partial charge in [0.15, 0.2) is 5.17 Å². The molecule has 1 saturated heterocycles. The quantitative estimate of drug-likeness (QED) is 0.750. The van der Waals surface area contributed by atoms with Crippen molar-refractivity contribution in [3.8, 4) is 0 Å². The Hall–Kier alpha value is -2.64. The molecule has 0 aliphatic carbocycles. The first-order chi connectivity index (χ1) is 14.0. The zero-order valence-electron chi connectivity index (χ0n) is 16.8. The number of aliphatic imine (C=N–C) groups is 1. The van der Waals surface area contributed by atoms with Crippen LogP contribution in [0.3, 0.4) is 0 Å². The normalized spacial score (nSPS) is 17.8. The fraction of sp³-hybridized carbons (Fsp3) is 0.318. The van der Waals surface area contributed by atoms with E-state index in [4.69, 9.17) is 4.74 Å². The minimum absolute atomic E-state index is 0.0914. The highest BCUT2D eigenvalue weighted by atomic mass is 32.2. The molecule has 1 aliphatic rings. The lowest BCUT2D eigenvalue weighted by Crippen LogP contribution is -2.35. The van der Waals surface area contributed by atoms with Crippen molar-refractivity contribution in [2.45, 2.75) is 25.5 Å². The van der Waals surface area contributed by atoms with E-state index in [0.29, 0.717) is 18.3 Å². The number of ether oxygens (including phenoxy) is 1. The Bertz CT molecular complexity index is 915. The van der Waals surface area contributed by atoms with Gasteiger partial charge in [-0.2, -0.15) is 0 Å². The molecule has 2 aromatic rings. The molecule has 1 N–H and O–H groups in total. The Morgan fingerprint density at radius 1 is 1.21 bits per heavy atom. The molecule has 0 radical (unpaired) electrons. The van der Waals surface area contributed by atoms with Crippen LogP contribution in [0.15, 0.2) is 53.5 Å². The van der Waals surface area contributed by atoms with Crippen LogP contribution in [0.5, 0.6) is 0 Å². The molecule has 0 aromatic heterocycles. The van der Waals surface area contributed by atoms with Gasteiger partial charge >= 0.3 is 0 Å². The average Bonchev–Trinajstić information content (AvgIpc) is 2.97. The van der Waals surface area contributed by atoms with Gasteiger partial charge in [0.25, 0.3) is 0 Å². The zero-order chi connectivity index (χ0) is 20.8. The Morgan fingerprint density at radius 2 is 1.97 bits per heavy atom. The fourth-order valence-electron chi connectivity index (χ4n) is 3.05. The molecule has 1 fully saturated rings. The molecule has 1 atom stereocenters. The van der Waals surface area contributed by atoms with Gasteiger partial charge in [-0.3, -0.25) is 14.5 Å². The van der Waals surface area contributed by atoms with Crippen LogP contribution < -0.4 is 5.32 Å². The Kier molecular flexibility index (Phi) is 7.06. The van der Waals surface area contributed by atoms with Gasteiger partial charge in [0.1, 0.15) is 5.25 Å². The number of benzene rings is 2. The van der Waals surface area contributed by atoms with Crippen molar-refractivity contribution in [3.63, 3.8) is 0 Å². The van der Waals surface area contributed by atoms with E-state index in [0.717, 1.165) is 22.5 Å². The van der Waals surface area contributed by atoms with E-state index in [1.165, 1.54) is 11.8 Å². The maximum absolute atomic E-state index is 12.9. The molecule has 0 spiro atoms. The van der Waals surface area contributed by atoms with E-state index in [9.17, 15) is 9.59 Å². The molecule has 6 nitrogen and oxygen atoms in total. The third-order valence-corrected chi connectivity index (χ3v) is 5.72. The number of carbonyl (C=O) groups is 2. The number of para-hydroxylation sites is 1. The van der Waals surface area contributed by atoms with Crippen molar-refractivity contribution in [1.82, 2.24) is 4.90 Å². The highest BCUT2D eigenvalue weighted by molar-refractivity contribution is 8.15. The lowest BCUT2D eigenvalue weighted by Gasteiger charge is -2.15. The predicted octanol–water partition coefficient (Wildman–Crippen LogP) is 3.91. The molecular formula is C22H25N3O3S. The number of thioether (sulfide) groups is 1. The first-order valence-electron chi connectivity index (χ1n) is 9.45. The summed E-state index contributed by atoms with van der Waals surface area (Å²) in [6.45, 7) is 4.77. The minimum atomic E-state index is -0.500. The number of amidine groups is 1. The number of carbonyl (C=O) groups excluding carboxylic acids is 2. The van der Waals surface area contributed by atoms with Crippen LogP contribution in [0.1, 0.15) is 17.5 Å². The molecule has 1 heterocycles. The molecule has 0 bridgehead atoms. The number of nitrogens with zero attached hydrogens (tertiary/aromatic N) is 2. The van der Waals surface area contributed by atoms with Crippen molar-refractivity contribution in [1.29, 1.82) is 0 Å². The Labute approximate surface area is 175 Å². The van der Waals surface area contributed by atoms with Crippen LogP contribution in [-0.4, -0.2) is 47.4 Å². The molecule has 2 aromatic carbocycles. The third kappa shape index (κ3) is 5.46. The van der Waals surface area contributed by atoms with Gasteiger partial charge in [-0.25, -0.2) is 4.99 Å². The van der Waals surface area contributed by atoms with Crippen molar-refractivity contribution in [2.24, 2.45) is 4.99 Å². The average molecular weight is 412 g/mol. The lowest BCUT2D eigenvalue weighted by atomic mass is 10.1. The summed E-state index contributed by atoms with van der Waals surface area (Å²) in [5.41, 5.74) is 3.67. The lowest BCUT2D eigenvalue weighted by molar-refractivity contribution is -0.128. The molecular weight excluding hydrogens is 386 g/mol. The second kappa shape index (κ2) is 9.71. The summed E-state index contributed by atoms with van der Waals surface area (Å²) in [5.74, 6) is -0.298. The maximum atomic E-state index is 12.9. The number of anilines is 1. The monoisotopic (exact) mass is 411 g/mol.